The molecule has 0 spiro atoms. The number of morpholine rings is 1. The van der Waals surface area contributed by atoms with E-state index in [1.165, 1.54) is 0 Å². The van der Waals surface area contributed by atoms with Crippen molar-refractivity contribution in [3.63, 3.8) is 0 Å². The van der Waals surface area contributed by atoms with Gasteiger partial charge in [0.1, 0.15) is 5.75 Å². The zero-order valence-corrected chi connectivity index (χ0v) is 20.7. The maximum absolute atomic E-state index is 13.0. The molecule has 0 unspecified atom stereocenters. The van der Waals surface area contributed by atoms with Crippen LogP contribution in [0.2, 0.25) is 0 Å². The molecule has 1 aromatic heterocycles. The van der Waals surface area contributed by atoms with Crippen molar-refractivity contribution in [2.45, 2.75) is 19.8 Å². The topological polar surface area (TPSA) is 124 Å². The number of nitrogens with two attached hydrogens (primary N) is 1. The molecule has 0 aliphatic carbocycles. The van der Waals surface area contributed by atoms with Gasteiger partial charge in [-0.05, 0) is 24.3 Å². The van der Waals surface area contributed by atoms with E-state index in [1.807, 2.05) is 48.5 Å². The quantitative estimate of drug-likeness (QED) is 0.563. The summed E-state index contributed by atoms with van der Waals surface area (Å²) in [4.78, 5) is 43.7. The number of amides is 4. The first-order valence-electron chi connectivity index (χ1n) is 12.1. The van der Waals surface area contributed by atoms with Gasteiger partial charge in [0, 0.05) is 41.3 Å². The van der Waals surface area contributed by atoms with Crippen LogP contribution in [0.5, 0.6) is 11.6 Å². The zero-order valence-electron chi connectivity index (χ0n) is 20.7. The molecular formula is C28H28N4O5. The number of hydrogen-bond acceptors (Lipinski definition) is 6. The number of rotatable bonds is 4. The number of ether oxygens (including phenoxy) is 2. The van der Waals surface area contributed by atoms with Gasteiger partial charge in [-0.25, -0.2) is 9.78 Å². The van der Waals surface area contributed by atoms with Gasteiger partial charge in [0.2, 0.25) is 11.8 Å². The first-order chi connectivity index (χ1) is 17.8. The SMILES string of the molecule is CC(C)(C(=O)NC(N)=O)[C@H]1c2ccccc2Oc2nc(-c3ccc(C(=O)N4CCOCC4)cc3)ccc21. The Labute approximate surface area is 214 Å². The molecule has 3 heterocycles. The largest absolute Gasteiger partial charge is 0.438 e. The number of hydrogen-bond donors (Lipinski definition) is 2. The van der Waals surface area contributed by atoms with E-state index < -0.39 is 23.3 Å². The molecule has 2 aliphatic rings. The van der Waals surface area contributed by atoms with Crippen LogP contribution in [-0.4, -0.2) is 54.0 Å². The van der Waals surface area contributed by atoms with E-state index in [4.69, 9.17) is 20.2 Å². The Bertz CT molecular complexity index is 1360. The van der Waals surface area contributed by atoms with Crippen LogP contribution < -0.4 is 15.8 Å². The third-order valence-electron chi connectivity index (χ3n) is 6.91. The summed E-state index contributed by atoms with van der Waals surface area (Å²) in [5.74, 6) is 0.0392. The van der Waals surface area contributed by atoms with Crippen LogP contribution in [-0.2, 0) is 9.53 Å². The highest BCUT2D eigenvalue weighted by atomic mass is 16.5. The van der Waals surface area contributed by atoms with Crippen LogP contribution in [0.15, 0.2) is 60.7 Å². The van der Waals surface area contributed by atoms with Gasteiger partial charge in [0.05, 0.1) is 24.3 Å². The number of pyridine rings is 1. The van der Waals surface area contributed by atoms with Gasteiger partial charge >= 0.3 is 6.03 Å². The maximum atomic E-state index is 13.0. The number of para-hydroxylation sites is 1. The second-order valence-corrected chi connectivity index (χ2v) is 9.69. The number of carbonyl (C=O) groups excluding carboxylic acids is 3. The van der Waals surface area contributed by atoms with Crippen LogP contribution in [0, 0.1) is 5.41 Å². The smallest absolute Gasteiger partial charge is 0.318 e. The fraction of sp³-hybridized carbons (Fsp3) is 0.286. The van der Waals surface area contributed by atoms with Crippen molar-refractivity contribution in [1.29, 1.82) is 0 Å². The number of primary amides is 1. The van der Waals surface area contributed by atoms with Gasteiger partial charge in [0.25, 0.3) is 5.91 Å². The lowest BCUT2D eigenvalue weighted by molar-refractivity contribution is -0.128. The summed E-state index contributed by atoms with van der Waals surface area (Å²) in [5, 5.41) is 2.22. The van der Waals surface area contributed by atoms with E-state index in [0.29, 0.717) is 49.2 Å². The van der Waals surface area contributed by atoms with E-state index in [9.17, 15) is 14.4 Å². The summed E-state index contributed by atoms with van der Waals surface area (Å²) in [6.07, 6.45) is 0. The van der Waals surface area contributed by atoms with Crippen LogP contribution in [0.3, 0.4) is 0 Å². The molecule has 9 heteroatoms. The minimum absolute atomic E-state index is 0.0208. The van der Waals surface area contributed by atoms with E-state index in [-0.39, 0.29) is 5.91 Å². The molecule has 9 nitrogen and oxygen atoms in total. The number of benzene rings is 2. The normalized spacial score (nSPS) is 16.7. The number of aromatic nitrogens is 1. The van der Waals surface area contributed by atoms with Crippen molar-refractivity contribution in [1.82, 2.24) is 15.2 Å². The number of carbonyl (C=O) groups is 3. The highest BCUT2D eigenvalue weighted by Crippen LogP contribution is 2.51. The first kappa shape index (κ1) is 24.5. The van der Waals surface area contributed by atoms with Gasteiger partial charge in [0.15, 0.2) is 0 Å². The average molecular weight is 501 g/mol. The molecule has 3 N–H and O–H groups in total. The Morgan fingerprint density at radius 2 is 1.68 bits per heavy atom. The lowest BCUT2D eigenvalue weighted by atomic mass is 9.69. The number of imide groups is 1. The summed E-state index contributed by atoms with van der Waals surface area (Å²) >= 11 is 0. The molecular weight excluding hydrogens is 472 g/mol. The molecule has 0 saturated carbocycles. The number of fused-ring (bicyclic) bond motifs is 2. The highest BCUT2D eigenvalue weighted by Gasteiger charge is 2.44. The Morgan fingerprint density at radius 3 is 2.38 bits per heavy atom. The summed E-state index contributed by atoms with van der Waals surface area (Å²) in [6, 6.07) is 17.6. The predicted molar refractivity (Wildman–Crippen MR) is 136 cm³/mol. The molecule has 5 rings (SSSR count). The number of nitrogens with zero attached hydrogens (tertiary/aromatic N) is 2. The van der Waals surface area contributed by atoms with E-state index in [1.54, 1.807) is 30.9 Å². The lowest BCUT2D eigenvalue weighted by Gasteiger charge is -2.37. The molecule has 1 fully saturated rings. The van der Waals surface area contributed by atoms with Gasteiger partial charge in [-0.2, -0.15) is 0 Å². The van der Waals surface area contributed by atoms with Crippen molar-refractivity contribution >= 4 is 17.8 Å². The second kappa shape index (κ2) is 9.67. The van der Waals surface area contributed by atoms with Crippen molar-refractivity contribution in [2.24, 2.45) is 11.1 Å². The monoisotopic (exact) mass is 500 g/mol. The Morgan fingerprint density at radius 1 is 0.973 bits per heavy atom. The fourth-order valence-electron chi connectivity index (χ4n) is 4.91. The highest BCUT2D eigenvalue weighted by molar-refractivity contribution is 5.97. The Balaban J connectivity index is 1.47. The van der Waals surface area contributed by atoms with Crippen LogP contribution in [0.25, 0.3) is 11.3 Å². The van der Waals surface area contributed by atoms with Crippen molar-refractivity contribution in [3.8, 4) is 22.9 Å². The maximum Gasteiger partial charge on any atom is 0.318 e. The molecule has 37 heavy (non-hydrogen) atoms. The van der Waals surface area contributed by atoms with E-state index in [0.717, 1.165) is 16.7 Å². The minimum Gasteiger partial charge on any atom is -0.438 e. The second-order valence-electron chi connectivity index (χ2n) is 9.69. The molecule has 3 aromatic rings. The van der Waals surface area contributed by atoms with Crippen LogP contribution in [0.1, 0.15) is 41.3 Å². The third kappa shape index (κ3) is 4.65. The van der Waals surface area contributed by atoms with Gasteiger partial charge < -0.3 is 20.1 Å². The van der Waals surface area contributed by atoms with Crippen molar-refractivity contribution in [2.75, 3.05) is 26.3 Å². The van der Waals surface area contributed by atoms with E-state index >= 15 is 0 Å². The summed E-state index contributed by atoms with van der Waals surface area (Å²) in [7, 11) is 0. The Kier molecular flexibility index (Phi) is 6.39. The summed E-state index contributed by atoms with van der Waals surface area (Å²) in [5.41, 5.74) is 7.84. The number of nitrogens with one attached hydrogen (secondary N) is 1. The molecule has 0 radical (unpaired) electrons. The third-order valence-corrected chi connectivity index (χ3v) is 6.91. The zero-order chi connectivity index (χ0) is 26.2. The Hall–Kier alpha value is -4.24. The van der Waals surface area contributed by atoms with Crippen LogP contribution >= 0.6 is 0 Å². The predicted octanol–water partition coefficient (Wildman–Crippen LogP) is 3.68. The van der Waals surface area contributed by atoms with Crippen molar-refractivity contribution < 1.29 is 23.9 Å². The molecule has 4 amide bonds. The molecule has 0 bridgehead atoms. The van der Waals surface area contributed by atoms with Crippen molar-refractivity contribution in [3.05, 3.63) is 77.4 Å². The average Bonchev–Trinajstić information content (AvgIpc) is 2.91. The lowest BCUT2D eigenvalue weighted by Crippen LogP contribution is -2.46. The minimum atomic E-state index is -1.03. The van der Waals surface area contributed by atoms with Crippen LogP contribution in [0.4, 0.5) is 4.79 Å². The molecule has 190 valence electrons. The standard InChI is InChI=1S/C28H28N4O5/c1-28(2,26(34)31-27(29)35)23-19-5-3-4-6-22(19)37-24-20(23)11-12-21(30-24)17-7-9-18(10-8-17)25(33)32-13-15-36-16-14-32/h3-12,23H,13-16H2,1-2H3,(H3,29,31,34,35)/t23-/m0/s1. The molecule has 1 saturated heterocycles. The molecule has 1 atom stereocenters. The molecule has 2 aromatic carbocycles. The fourth-order valence-corrected chi connectivity index (χ4v) is 4.91. The first-order valence-corrected chi connectivity index (χ1v) is 12.1. The summed E-state index contributed by atoms with van der Waals surface area (Å²) < 4.78 is 11.5. The van der Waals surface area contributed by atoms with Gasteiger partial charge in [-0.1, -0.05) is 50.2 Å². The van der Waals surface area contributed by atoms with Gasteiger partial charge in [-0.15, -0.1) is 0 Å². The van der Waals surface area contributed by atoms with Gasteiger partial charge in [-0.3, -0.25) is 14.9 Å². The summed E-state index contributed by atoms with van der Waals surface area (Å²) in [6.45, 7) is 5.79. The van der Waals surface area contributed by atoms with E-state index in [2.05, 4.69) is 5.32 Å². The molecule has 2 aliphatic heterocycles. The number of urea groups is 1.